The lowest BCUT2D eigenvalue weighted by Crippen LogP contribution is -2.43. The van der Waals surface area contributed by atoms with Gasteiger partial charge in [-0.25, -0.2) is 9.88 Å². The van der Waals surface area contributed by atoms with Crippen molar-refractivity contribution >= 4 is 39.9 Å². The standard InChI is InChI=1S/C18H23N3O2S2/c1-11(2)16(22)21(17(23)12(3)10-24-5)18-13(4)20-15(25-18)14-7-6-8-19-9-14/h6-9,11-12H,10H2,1-5H3. The highest BCUT2D eigenvalue weighted by Gasteiger charge is 2.32. The zero-order valence-electron chi connectivity index (χ0n) is 15.1. The fourth-order valence-electron chi connectivity index (χ4n) is 2.32. The van der Waals surface area contributed by atoms with Crippen LogP contribution in [0.25, 0.3) is 10.6 Å². The maximum atomic E-state index is 12.9. The molecule has 2 amide bonds. The van der Waals surface area contributed by atoms with Crippen LogP contribution in [0.4, 0.5) is 5.00 Å². The number of anilines is 1. The number of thiazole rings is 1. The molecule has 1 atom stereocenters. The molecule has 2 heterocycles. The number of nitrogens with zero attached hydrogens (tertiary/aromatic N) is 3. The Balaban J connectivity index is 2.46. The Bertz CT molecular complexity index is 744. The summed E-state index contributed by atoms with van der Waals surface area (Å²) in [5, 5.41) is 1.36. The van der Waals surface area contributed by atoms with Crippen LogP contribution in [-0.4, -0.2) is 33.8 Å². The van der Waals surface area contributed by atoms with E-state index in [0.717, 1.165) is 10.6 Å². The Morgan fingerprint density at radius 3 is 2.56 bits per heavy atom. The van der Waals surface area contributed by atoms with E-state index in [1.807, 2.05) is 32.2 Å². The van der Waals surface area contributed by atoms with Crippen LogP contribution in [0, 0.1) is 18.8 Å². The third kappa shape index (κ3) is 4.46. The van der Waals surface area contributed by atoms with Crippen LogP contribution in [0.5, 0.6) is 0 Å². The van der Waals surface area contributed by atoms with Crippen molar-refractivity contribution in [3.63, 3.8) is 0 Å². The predicted molar refractivity (Wildman–Crippen MR) is 105 cm³/mol. The molecule has 0 N–H and O–H groups in total. The number of carbonyl (C=O) groups excluding carboxylic acids is 2. The molecule has 0 fully saturated rings. The van der Waals surface area contributed by atoms with Crippen LogP contribution < -0.4 is 4.90 Å². The normalized spacial score (nSPS) is 12.2. The molecule has 2 aromatic heterocycles. The predicted octanol–water partition coefficient (Wildman–Crippen LogP) is 4.03. The van der Waals surface area contributed by atoms with Crippen molar-refractivity contribution in [1.29, 1.82) is 0 Å². The quantitative estimate of drug-likeness (QED) is 0.760. The average Bonchev–Trinajstić information content (AvgIpc) is 2.97. The molecular formula is C18H23N3O2S2. The number of hydrogen-bond acceptors (Lipinski definition) is 6. The Morgan fingerprint density at radius 1 is 1.28 bits per heavy atom. The summed E-state index contributed by atoms with van der Waals surface area (Å²) in [6.07, 6.45) is 5.39. The van der Waals surface area contributed by atoms with Crippen molar-refractivity contribution < 1.29 is 9.59 Å². The SMILES string of the molecule is CSCC(C)C(=O)N(C(=O)C(C)C)c1sc(-c2cccnc2)nc1C. The van der Waals surface area contributed by atoms with Crippen molar-refractivity contribution in [2.75, 3.05) is 16.9 Å². The van der Waals surface area contributed by atoms with Crippen LogP contribution in [0.15, 0.2) is 24.5 Å². The molecule has 0 aliphatic carbocycles. The van der Waals surface area contributed by atoms with Gasteiger partial charge in [0.15, 0.2) is 0 Å². The van der Waals surface area contributed by atoms with Gasteiger partial charge in [0, 0.05) is 35.5 Å². The van der Waals surface area contributed by atoms with Crippen molar-refractivity contribution in [1.82, 2.24) is 9.97 Å². The van der Waals surface area contributed by atoms with E-state index in [4.69, 9.17) is 0 Å². The highest BCUT2D eigenvalue weighted by molar-refractivity contribution is 7.98. The van der Waals surface area contributed by atoms with E-state index >= 15 is 0 Å². The van der Waals surface area contributed by atoms with E-state index in [9.17, 15) is 9.59 Å². The van der Waals surface area contributed by atoms with Gasteiger partial charge >= 0.3 is 0 Å². The molecule has 0 aliphatic heterocycles. The number of rotatable bonds is 6. The Labute approximate surface area is 156 Å². The minimum absolute atomic E-state index is 0.169. The van der Waals surface area contributed by atoms with Crippen LogP contribution in [0.2, 0.25) is 0 Å². The van der Waals surface area contributed by atoms with Gasteiger partial charge in [-0.05, 0) is 25.3 Å². The van der Waals surface area contributed by atoms with Gasteiger partial charge in [-0.3, -0.25) is 14.6 Å². The number of aryl methyl sites for hydroxylation is 1. The first-order chi connectivity index (χ1) is 11.9. The largest absolute Gasteiger partial charge is 0.274 e. The molecule has 2 rings (SSSR count). The van der Waals surface area contributed by atoms with Crippen LogP contribution >= 0.6 is 23.1 Å². The molecule has 0 saturated heterocycles. The van der Waals surface area contributed by atoms with E-state index in [0.29, 0.717) is 16.4 Å². The molecular weight excluding hydrogens is 354 g/mol. The molecule has 2 aromatic rings. The van der Waals surface area contributed by atoms with Crippen LogP contribution in [-0.2, 0) is 9.59 Å². The van der Waals surface area contributed by atoms with Gasteiger partial charge in [-0.2, -0.15) is 11.8 Å². The first kappa shape index (κ1) is 19.6. The zero-order chi connectivity index (χ0) is 18.6. The number of pyridine rings is 1. The molecule has 134 valence electrons. The summed E-state index contributed by atoms with van der Waals surface area (Å²) in [5.41, 5.74) is 1.56. The highest BCUT2D eigenvalue weighted by Crippen LogP contribution is 2.35. The molecule has 0 spiro atoms. The summed E-state index contributed by atoms with van der Waals surface area (Å²) in [4.78, 5) is 35.7. The lowest BCUT2D eigenvalue weighted by atomic mass is 10.1. The number of aromatic nitrogens is 2. The van der Waals surface area contributed by atoms with E-state index in [2.05, 4.69) is 9.97 Å². The number of amides is 2. The van der Waals surface area contributed by atoms with Gasteiger partial charge in [0.05, 0.1) is 5.69 Å². The maximum absolute atomic E-state index is 12.9. The Kier molecular flexibility index (Phi) is 6.72. The average molecular weight is 378 g/mol. The molecule has 1 unspecified atom stereocenters. The molecule has 0 radical (unpaired) electrons. The van der Waals surface area contributed by atoms with Gasteiger partial charge in [0.25, 0.3) is 0 Å². The number of carbonyl (C=O) groups is 2. The number of thioether (sulfide) groups is 1. The summed E-state index contributed by atoms with van der Waals surface area (Å²) in [5.74, 6) is -0.191. The van der Waals surface area contributed by atoms with Gasteiger partial charge in [-0.15, -0.1) is 0 Å². The van der Waals surface area contributed by atoms with Gasteiger partial charge in [0.1, 0.15) is 10.0 Å². The summed E-state index contributed by atoms with van der Waals surface area (Å²) < 4.78 is 0. The number of hydrogen-bond donors (Lipinski definition) is 0. The van der Waals surface area contributed by atoms with E-state index < -0.39 is 0 Å². The summed E-state index contributed by atoms with van der Waals surface area (Å²) in [6, 6.07) is 3.76. The first-order valence-corrected chi connectivity index (χ1v) is 10.3. The van der Waals surface area contributed by atoms with Crippen LogP contribution in [0.1, 0.15) is 26.5 Å². The second-order valence-corrected chi connectivity index (χ2v) is 8.06. The fourth-order valence-corrected chi connectivity index (χ4v) is 4.03. The highest BCUT2D eigenvalue weighted by atomic mass is 32.2. The van der Waals surface area contributed by atoms with Crippen molar-refractivity contribution in [3.8, 4) is 10.6 Å². The Morgan fingerprint density at radius 2 is 2.00 bits per heavy atom. The van der Waals surface area contributed by atoms with E-state index in [1.54, 1.807) is 38.0 Å². The fraction of sp³-hybridized carbons (Fsp3) is 0.444. The maximum Gasteiger partial charge on any atom is 0.238 e. The molecule has 0 aliphatic rings. The van der Waals surface area contributed by atoms with Gasteiger partial charge in [0.2, 0.25) is 11.8 Å². The van der Waals surface area contributed by atoms with Crippen molar-refractivity contribution in [2.45, 2.75) is 27.7 Å². The lowest BCUT2D eigenvalue weighted by molar-refractivity contribution is -0.129. The summed E-state index contributed by atoms with van der Waals surface area (Å²) in [7, 11) is 0. The van der Waals surface area contributed by atoms with E-state index in [-0.39, 0.29) is 23.7 Å². The van der Waals surface area contributed by atoms with Crippen LogP contribution in [0.3, 0.4) is 0 Å². The third-order valence-corrected chi connectivity index (χ3v) is 5.68. The molecule has 0 saturated carbocycles. The second-order valence-electron chi connectivity index (χ2n) is 6.17. The van der Waals surface area contributed by atoms with Crippen molar-refractivity contribution in [3.05, 3.63) is 30.2 Å². The molecule has 25 heavy (non-hydrogen) atoms. The smallest absolute Gasteiger partial charge is 0.238 e. The first-order valence-electron chi connectivity index (χ1n) is 8.11. The van der Waals surface area contributed by atoms with Crippen molar-refractivity contribution in [2.24, 2.45) is 11.8 Å². The zero-order valence-corrected chi connectivity index (χ0v) is 16.8. The second kappa shape index (κ2) is 8.58. The minimum atomic E-state index is -0.270. The number of imide groups is 1. The molecule has 0 bridgehead atoms. The lowest BCUT2D eigenvalue weighted by Gasteiger charge is -2.24. The molecule has 7 heteroatoms. The minimum Gasteiger partial charge on any atom is -0.274 e. The Hall–Kier alpha value is -1.73. The summed E-state index contributed by atoms with van der Waals surface area (Å²) in [6.45, 7) is 7.30. The van der Waals surface area contributed by atoms with Gasteiger partial charge < -0.3 is 0 Å². The van der Waals surface area contributed by atoms with Gasteiger partial charge in [-0.1, -0.05) is 32.1 Å². The summed E-state index contributed by atoms with van der Waals surface area (Å²) >= 11 is 2.95. The molecule has 5 nitrogen and oxygen atoms in total. The topological polar surface area (TPSA) is 63.2 Å². The monoisotopic (exact) mass is 377 g/mol. The van der Waals surface area contributed by atoms with E-state index in [1.165, 1.54) is 16.2 Å². The molecule has 0 aromatic carbocycles. The third-order valence-electron chi connectivity index (χ3n) is 3.66.